The minimum absolute atomic E-state index is 0.0964. The van der Waals surface area contributed by atoms with E-state index in [0.29, 0.717) is 13.1 Å². The summed E-state index contributed by atoms with van der Waals surface area (Å²) in [7, 11) is 3.77. The van der Waals surface area contributed by atoms with Gasteiger partial charge in [0.25, 0.3) is 0 Å². The first-order valence-corrected chi connectivity index (χ1v) is 7.74. The fourth-order valence-corrected chi connectivity index (χ4v) is 3.00. The van der Waals surface area contributed by atoms with Gasteiger partial charge in [0.2, 0.25) is 5.91 Å². The zero-order valence-corrected chi connectivity index (χ0v) is 13.0. The lowest BCUT2D eigenvalue weighted by atomic mass is 9.91. The third kappa shape index (κ3) is 4.55. The molecular formula is C17H26N2O2. The SMILES string of the molecule is CN(Cc1ccccc1)C(=O)CN(C)C1CCCCC1O. The molecule has 1 aliphatic carbocycles. The van der Waals surface area contributed by atoms with E-state index in [4.69, 9.17) is 0 Å². The number of aliphatic hydroxyl groups is 1. The first-order valence-electron chi connectivity index (χ1n) is 7.74. The average Bonchev–Trinajstić information content (AvgIpc) is 2.48. The molecule has 1 N–H and O–H groups in total. The molecule has 2 atom stereocenters. The van der Waals surface area contributed by atoms with Crippen LogP contribution < -0.4 is 0 Å². The molecule has 0 aliphatic heterocycles. The summed E-state index contributed by atoms with van der Waals surface area (Å²) < 4.78 is 0. The summed E-state index contributed by atoms with van der Waals surface area (Å²) in [5.74, 6) is 0.0964. The minimum Gasteiger partial charge on any atom is -0.391 e. The van der Waals surface area contributed by atoms with Crippen molar-refractivity contribution >= 4 is 5.91 Å². The number of nitrogens with zero attached hydrogens (tertiary/aromatic N) is 2. The highest BCUT2D eigenvalue weighted by Gasteiger charge is 2.28. The molecule has 21 heavy (non-hydrogen) atoms. The highest BCUT2D eigenvalue weighted by Crippen LogP contribution is 2.22. The van der Waals surface area contributed by atoms with Gasteiger partial charge in [-0.15, -0.1) is 0 Å². The van der Waals surface area contributed by atoms with Gasteiger partial charge in [-0.25, -0.2) is 0 Å². The third-order valence-electron chi connectivity index (χ3n) is 4.33. The Labute approximate surface area is 127 Å². The van der Waals surface area contributed by atoms with Crippen LogP contribution in [0.4, 0.5) is 0 Å². The van der Waals surface area contributed by atoms with Crippen molar-refractivity contribution in [2.45, 2.75) is 44.4 Å². The van der Waals surface area contributed by atoms with Crippen LogP contribution in [-0.2, 0) is 11.3 Å². The molecule has 1 fully saturated rings. The number of carbonyl (C=O) groups is 1. The summed E-state index contributed by atoms with van der Waals surface area (Å²) in [6.45, 7) is 0.992. The van der Waals surface area contributed by atoms with Crippen molar-refractivity contribution in [2.75, 3.05) is 20.6 Å². The number of benzene rings is 1. The second-order valence-electron chi connectivity index (χ2n) is 6.07. The Morgan fingerprint density at radius 1 is 1.19 bits per heavy atom. The number of hydrogen-bond acceptors (Lipinski definition) is 3. The lowest BCUT2D eigenvalue weighted by Gasteiger charge is -2.35. The second-order valence-corrected chi connectivity index (χ2v) is 6.07. The van der Waals surface area contributed by atoms with E-state index in [9.17, 15) is 9.90 Å². The van der Waals surface area contributed by atoms with Crippen LogP contribution in [-0.4, -0.2) is 53.6 Å². The molecule has 4 heteroatoms. The summed E-state index contributed by atoms with van der Waals surface area (Å²) in [5, 5.41) is 10.1. The molecule has 1 aromatic rings. The Morgan fingerprint density at radius 3 is 2.52 bits per heavy atom. The Balaban J connectivity index is 1.85. The topological polar surface area (TPSA) is 43.8 Å². The number of likely N-dealkylation sites (N-methyl/N-ethyl adjacent to an activating group) is 2. The number of aliphatic hydroxyl groups excluding tert-OH is 1. The zero-order chi connectivity index (χ0) is 15.2. The molecule has 0 aromatic heterocycles. The van der Waals surface area contributed by atoms with Gasteiger partial charge in [-0.2, -0.15) is 0 Å². The maximum absolute atomic E-state index is 12.3. The highest BCUT2D eigenvalue weighted by molar-refractivity contribution is 5.78. The van der Waals surface area contributed by atoms with Crippen molar-refractivity contribution in [1.82, 2.24) is 9.80 Å². The molecule has 0 bridgehead atoms. The van der Waals surface area contributed by atoms with Crippen LogP contribution >= 0.6 is 0 Å². The minimum atomic E-state index is -0.295. The molecular weight excluding hydrogens is 264 g/mol. The van der Waals surface area contributed by atoms with Crippen LogP contribution in [0.15, 0.2) is 30.3 Å². The Bertz CT molecular complexity index is 449. The maximum Gasteiger partial charge on any atom is 0.236 e. The molecule has 0 radical (unpaired) electrons. The predicted octanol–water partition coefficient (Wildman–Crippen LogP) is 1.88. The monoisotopic (exact) mass is 290 g/mol. The normalized spacial score (nSPS) is 22.3. The number of hydrogen-bond donors (Lipinski definition) is 1. The van der Waals surface area contributed by atoms with Gasteiger partial charge in [0.15, 0.2) is 0 Å². The van der Waals surface area contributed by atoms with Crippen molar-refractivity contribution in [1.29, 1.82) is 0 Å². The van der Waals surface area contributed by atoms with Gasteiger partial charge in [0, 0.05) is 19.6 Å². The molecule has 2 rings (SSSR count). The van der Waals surface area contributed by atoms with E-state index in [-0.39, 0.29) is 18.1 Å². The van der Waals surface area contributed by atoms with E-state index in [0.717, 1.165) is 31.2 Å². The molecule has 0 spiro atoms. The largest absolute Gasteiger partial charge is 0.391 e. The van der Waals surface area contributed by atoms with Gasteiger partial charge in [0.1, 0.15) is 0 Å². The van der Waals surface area contributed by atoms with Gasteiger partial charge in [0.05, 0.1) is 12.6 Å². The smallest absolute Gasteiger partial charge is 0.236 e. The van der Waals surface area contributed by atoms with E-state index in [1.807, 2.05) is 49.3 Å². The van der Waals surface area contributed by atoms with Crippen LogP contribution in [0.2, 0.25) is 0 Å². The van der Waals surface area contributed by atoms with Crippen LogP contribution in [0.3, 0.4) is 0 Å². The van der Waals surface area contributed by atoms with Crippen molar-refractivity contribution in [3.8, 4) is 0 Å². The summed E-state index contributed by atoms with van der Waals surface area (Å²) >= 11 is 0. The second kappa shape index (κ2) is 7.57. The van der Waals surface area contributed by atoms with E-state index >= 15 is 0 Å². The van der Waals surface area contributed by atoms with Crippen LogP contribution in [0.25, 0.3) is 0 Å². The molecule has 0 saturated heterocycles. The molecule has 116 valence electrons. The quantitative estimate of drug-likeness (QED) is 0.900. The number of rotatable bonds is 5. The van der Waals surface area contributed by atoms with Gasteiger partial charge in [-0.1, -0.05) is 43.2 Å². The van der Waals surface area contributed by atoms with E-state index in [1.54, 1.807) is 4.90 Å². The summed E-state index contributed by atoms with van der Waals surface area (Å²) in [4.78, 5) is 16.1. The van der Waals surface area contributed by atoms with Gasteiger partial charge >= 0.3 is 0 Å². The van der Waals surface area contributed by atoms with Gasteiger partial charge < -0.3 is 10.0 Å². The van der Waals surface area contributed by atoms with Crippen molar-refractivity contribution < 1.29 is 9.90 Å². The van der Waals surface area contributed by atoms with E-state index < -0.39 is 0 Å². The summed E-state index contributed by atoms with van der Waals surface area (Å²) in [6.07, 6.45) is 3.76. The molecule has 1 aromatic carbocycles. The molecule has 0 heterocycles. The predicted molar refractivity (Wildman–Crippen MR) is 83.8 cm³/mol. The summed E-state index contributed by atoms with van der Waals surface area (Å²) in [5.41, 5.74) is 1.13. The average molecular weight is 290 g/mol. The Hall–Kier alpha value is -1.39. The first kappa shape index (κ1) is 16.0. The lowest BCUT2D eigenvalue weighted by Crippen LogP contribution is -2.47. The maximum atomic E-state index is 12.3. The van der Waals surface area contributed by atoms with Crippen LogP contribution in [0.1, 0.15) is 31.2 Å². The van der Waals surface area contributed by atoms with Gasteiger partial charge in [-0.3, -0.25) is 9.69 Å². The number of carbonyl (C=O) groups excluding carboxylic acids is 1. The van der Waals surface area contributed by atoms with E-state index in [1.165, 1.54) is 0 Å². The van der Waals surface area contributed by atoms with Crippen molar-refractivity contribution in [3.63, 3.8) is 0 Å². The third-order valence-corrected chi connectivity index (χ3v) is 4.33. The standard InChI is InChI=1S/C17H26N2O2/c1-18(15-10-6-7-11-16(15)20)13-17(21)19(2)12-14-8-4-3-5-9-14/h3-5,8-9,15-16,20H,6-7,10-13H2,1-2H3. The van der Waals surface area contributed by atoms with Crippen LogP contribution in [0.5, 0.6) is 0 Å². The molecule has 1 saturated carbocycles. The fraction of sp³-hybridized carbons (Fsp3) is 0.588. The molecule has 4 nitrogen and oxygen atoms in total. The zero-order valence-electron chi connectivity index (χ0n) is 13.0. The van der Waals surface area contributed by atoms with Crippen molar-refractivity contribution in [2.24, 2.45) is 0 Å². The van der Waals surface area contributed by atoms with Crippen molar-refractivity contribution in [3.05, 3.63) is 35.9 Å². The fourth-order valence-electron chi connectivity index (χ4n) is 3.00. The van der Waals surface area contributed by atoms with E-state index in [2.05, 4.69) is 0 Å². The van der Waals surface area contributed by atoms with Crippen LogP contribution in [0, 0.1) is 0 Å². The highest BCUT2D eigenvalue weighted by atomic mass is 16.3. The lowest BCUT2D eigenvalue weighted by molar-refractivity contribution is -0.132. The number of amides is 1. The Morgan fingerprint density at radius 2 is 1.86 bits per heavy atom. The Kier molecular flexibility index (Phi) is 5.76. The molecule has 2 unspecified atom stereocenters. The first-order chi connectivity index (χ1) is 10.1. The van der Waals surface area contributed by atoms with Gasteiger partial charge in [-0.05, 0) is 25.5 Å². The molecule has 1 amide bonds. The molecule has 1 aliphatic rings. The summed E-state index contributed by atoms with van der Waals surface area (Å²) in [6, 6.07) is 10.1.